The van der Waals surface area contributed by atoms with Crippen LogP contribution >= 0.6 is 8.58 Å². The summed E-state index contributed by atoms with van der Waals surface area (Å²) in [7, 11) is 0.0198. The van der Waals surface area contributed by atoms with Crippen molar-refractivity contribution in [3.05, 3.63) is 52.1 Å². The van der Waals surface area contributed by atoms with Gasteiger partial charge in [0, 0.05) is 35.8 Å². The molecule has 0 aliphatic rings. The van der Waals surface area contributed by atoms with Gasteiger partial charge in [-0.3, -0.25) is 4.79 Å². The molecule has 5 heteroatoms. The van der Waals surface area contributed by atoms with Gasteiger partial charge >= 0.3 is 0 Å². The van der Waals surface area contributed by atoms with Gasteiger partial charge in [-0.25, -0.2) is 0 Å². The Morgan fingerprint density at radius 2 is 1.37 bits per heavy atom. The first-order chi connectivity index (χ1) is 17.7. The van der Waals surface area contributed by atoms with E-state index in [1.807, 2.05) is 25.1 Å². The van der Waals surface area contributed by atoms with Crippen LogP contribution in [0.15, 0.2) is 24.3 Å². The van der Waals surface area contributed by atoms with Crippen LogP contribution in [0.1, 0.15) is 112 Å². The molecule has 0 fully saturated rings. The molecular weight excluding hydrogens is 482 g/mol. The maximum atomic E-state index is 13.6. The van der Waals surface area contributed by atoms with Crippen LogP contribution in [0.2, 0.25) is 0 Å². The van der Waals surface area contributed by atoms with E-state index >= 15 is 0 Å². The SMILES string of the molecule is CCCCC(CC)COc1ccc(PC(=O)c2c(C)cc(C)c(C)c2C)c(OCC(CC)CCCC)c1.[Li]. The third-order valence-electron chi connectivity index (χ3n) is 7.83. The second-order valence-electron chi connectivity index (χ2n) is 10.7. The zero-order valence-electron chi connectivity index (χ0n) is 25.8. The van der Waals surface area contributed by atoms with E-state index in [2.05, 4.69) is 54.5 Å². The molecule has 0 aromatic heterocycles. The molecule has 38 heavy (non-hydrogen) atoms. The van der Waals surface area contributed by atoms with E-state index in [-0.39, 0.29) is 33.0 Å². The Balaban J connectivity index is 0.00000722. The molecule has 0 bridgehead atoms. The fourth-order valence-corrected chi connectivity index (χ4v) is 6.04. The first-order valence-electron chi connectivity index (χ1n) is 14.5. The molecule has 0 saturated carbocycles. The van der Waals surface area contributed by atoms with Gasteiger partial charge in [0.25, 0.3) is 0 Å². The topological polar surface area (TPSA) is 35.5 Å². The molecule has 2 aromatic rings. The molecule has 0 aliphatic heterocycles. The number of hydrogen-bond acceptors (Lipinski definition) is 3. The predicted octanol–water partition coefficient (Wildman–Crippen LogP) is 8.87. The van der Waals surface area contributed by atoms with Crippen molar-refractivity contribution in [2.24, 2.45) is 11.8 Å². The third-order valence-corrected chi connectivity index (χ3v) is 8.99. The number of rotatable bonds is 17. The Hall–Kier alpha value is -1.26. The van der Waals surface area contributed by atoms with Crippen LogP contribution in [0.5, 0.6) is 11.5 Å². The minimum atomic E-state index is 0. The summed E-state index contributed by atoms with van der Waals surface area (Å²) < 4.78 is 12.7. The molecule has 3 nitrogen and oxygen atoms in total. The fraction of sp³-hybridized carbons (Fsp3) is 0.606. The van der Waals surface area contributed by atoms with Gasteiger partial charge in [-0.1, -0.05) is 72.3 Å². The van der Waals surface area contributed by atoms with Crippen LogP contribution in [-0.2, 0) is 0 Å². The number of benzene rings is 2. The zero-order valence-corrected chi connectivity index (χ0v) is 26.8. The van der Waals surface area contributed by atoms with Gasteiger partial charge in [0.2, 0.25) is 0 Å². The summed E-state index contributed by atoms with van der Waals surface area (Å²) in [5.74, 6) is 2.74. The summed E-state index contributed by atoms with van der Waals surface area (Å²) in [5, 5.41) is 0.970. The predicted molar refractivity (Wildman–Crippen MR) is 167 cm³/mol. The van der Waals surface area contributed by atoms with E-state index in [0.29, 0.717) is 18.4 Å². The van der Waals surface area contributed by atoms with Gasteiger partial charge < -0.3 is 9.47 Å². The van der Waals surface area contributed by atoms with Crippen LogP contribution in [0, 0.1) is 39.5 Å². The standard InChI is InChI=1S/C33H51O3P.Li/c1-9-13-15-27(11-3)21-35-29-17-18-31(30(20-29)36-22-28(12-4)16-14-10-2)37-33(34)32-24(6)19-23(5)25(7)26(32)8;/h17-20,27-28,37H,9-16,21-22H2,1-8H3;. The average molecular weight is 534 g/mol. The van der Waals surface area contributed by atoms with Crippen LogP contribution < -0.4 is 14.8 Å². The van der Waals surface area contributed by atoms with Crippen LogP contribution in [0.25, 0.3) is 0 Å². The Morgan fingerprint density at radius 3 is 1.92 bits per heavy atom. The smallest absolute Gasteiger partial charge is 0.186 e. The molecule has 0 saturated heterocycles. The molecule has 2 rings (SSSR count). The van der Waals surface area contributed by atoms with E-state index < -0.39 is 0 Å². The molecule has 2 aromatic carbocycles. The number of carbonyl (C=O) groups is 1. The van der Waals surface area contributed by atoms with Crippen molar-refractivity contribution in [2.45, 2.75) is 107 Å². The van der Waals surface area contributed by atoms with Crippen molar-refractivity contribution in [1.82, 2.24) is 0 Å². The number of carbonyl (C=O) groups excluding carboxylic acids is 1. The number of aryl methyl sites for hydroxylation is 2. The number of unbranched alkanes of at least 4 members (excludes halogenated alkanes) is 2. The summed E-state index contributed by atoms with van der Waals surface area (Å²) in [6.45, 7) is 18.7. The molecule has 3 atom stereocenters. The first kappa shape index (κ1) is 34.8. The van der Waals surface area contributed by atoms with Gasteiger partial charge in [0.15, 0.2) is 5.52 Å². The minimum Gasteiger partial charge on any atom is -0.493 e. The average Bonchev–Trinajstić information content (AvgIpc) is 2.88. The molecule has 207 valence electrons. The maximum absolute atomic E-state index is 13.6. The molecule has 0 heterocycles. The van der Waals surface area contributed by atoms with E-state index in [4.69, 9.17) is 9.47 Å². The third kappa shape index (κ3) is 10.4. The van der Waals surface area contributed by atoms with Crippen molar-refractivity contribution >= 4 is 38.3 Å². The van der Waals surface area contributed by atoms with Crippen LogP contribution in [-0.4, -0.2) is 37.6 Å². The summed E-state index contributed by atoms with van der Waals surface area (Å²) >= 11 is 0. The van der Waals surface area contributed by atoms with Crippen molar-refractivity contribution in [3.63, 3.8) is 0 Å². The second-order valence-corrected chi connectivity index (χ2v) is 11.9. The molecule has 0 aliphatic carbocycles. The number of hydrogen-bond donors (Lipinski definition) is 0. The van der Waals surface area contributed by atoms with Crippen molar-refractivity contribution in [3.8, 4) is 11.5 Å². The molecule has 0 spiro atoms. The second kappa shape index (κ2) is 18.2. The zero-order chi connectivity index (χ0) is 27.4. The van der Waals surface area contributed by atoms with Crippen molar-refractivity contribution < 1.29 is 14.3 Å². The molecular formula is C33H51LiO3P. The normalized spacial score (nSPS) is 12.8. The Kier molecular flexibility index (Phi) is 16.6. The Bertz CT molecular complexity index is 1000. The maximum Gasteiger partial charge on any atom is 0.186 e. The molecule has 3 unspecified atom stereocenters. The summed E-state index contributed by atoms with van der Waals surface area (Å²) in [6, 6.07) is 8.22. The Labute approximate surface area is 247 Å². The largest absolute Gasteiger partial charge is 0.493 e. The quantitative estimate of drug-likeness (QED) is 0.150. The molecule has 0 N–H and O–H groups in total. The monoisotopic (exact) mass is 533 g/mol. The summed E-state index contributed by atoms with van der Waals surface area (Å²) in [6.07, 6.45) is 9.49. The van der Waals surface area contributed by atoms with E-state index in [9.17, 15) is 4.79 Å². The minimum absolute atomic E-state index is 0. The molecule has 0 amide bonds. The van der Waals surface area contributed by atoms with Gasteiger partial charge in [-0.05, 0) is 95.3 Å². The Morgan fingerprint density at radius 1 is 0.789 bits per heavy atom. The van der Waals surface area contributed by atoms with E-state index in [0.717, 1.165) is 52.9 Å². The molecule has 1 radical (unpaired) electrons. The van der Waals surface area contributed by atoms with Gasteiger partial charge in [-0.2, -0.15) is 0 Å². The first-order valence-corrected chi connectivity index (χ1v) is 15.5. The fourth-order valence-electron chi connectivity index (χ4n) is 4.85. The van der Waals surface area contributed by atoms with Gasteiger partial charge in [0.1, 0.15) is 11.5 Å². The summed E-state index contributed by atoms with van der Waals surface area (Å²) in [4.78, 5) is 13.6. The van der Waals surface area contributed by atoms with Crippen molar-refractivity contribution in [2.75, 3.05) is 13.2 Å². The van der Waals surface area contributed by atoms with Gasteiger partial charge in [-0.15, -0.1) is 0 Å². The van der Waals surface area contributed by atoms with E-state index in [1.165, 1.54) is 49.7 Å². The van der Waals surface area contributed by atoms with Gasteiger partial charge in [0.05, 0.1) is 13.2 Å². The number of ether oxygens (including phenoxy) is 2. The van der Waals surface area contributed by atoms with Crippen LogP contribution in [0.4, 0.5) is 0 Å². The van der Waals surface area contributed by atoms with Crippen molar-refractivity contribution in [1.29, 1.82) is 0 Å². The van der Waals surface area contributed by atoms with Crippen LogP contribution in [0.3, 0.4) is 0 Å². The van der Waals surface area contributed by atoms with E-state index in [1.54, 1.807) is 0 Å². The summed E-state index contributed by atoms with van der Waals surface area (Å²) in [5.41, 5.74) is 5.64.